The van der Waals surface area contributed by atoms with Crippen molar-refractivity contribution in [3.63, 3.8) is 0 Å². The van der Waals surface area contributed by atoms with Crippen LogP contribution in [0, 0.1) is 6.92 Å². The lowest BCUT2D eigenvalue weighted by molar-refractivity contribution is 0.102. The molecule has 3 heterocycles. The first kappa shape index (κ1) is 18.3. The first-order valence-corrected chi connectivity index (χ1v) is 9.74. The van der Waals surface area contributed by atoms with Crippen molar-refractivity contribution >= 4 is 34.0 Å². The van der Waals surface area contributed by atoms with E-state index in [1.165, 1.54) is 17.5 Å². The minimum absolute atomic E-state index is 0.251. The molecular formula is C20H16ClN5OS. The first-order chi connectivity index (χ1) is 13.6. The monoisotopic (exact) mass is 409 g/mol. The minimum atomic E-state index is -0.251. The second-order valence-corrected chi connectivity index (χ2v) is 7.68. The Hall–Kier alpha value is -3.03. The van der Waals surface area contributed by atoms with Gasteiger partial charge >= 0.3 is 0 Å². The lowest BCUT2D eigenvalue weighted by Gasteiger charge is -2.05. The van der Waals surface area contributed by atoms with Gasteiger partial charge in [-0.25, -0.2) is 15.0 Å². The number of carbonyl (C=O) groups is 1. The molecule has 0 aliphatic heterocycles. The summed E-state index contributed by atoms with van der Waals surface area (Å²) in [6, 6.07) is 9.46. The molecular weight excluding hydrogens is 394 g/mol. The molecule has 0 unspecified atom stereocenters. The molecule has 0 atom stereocenters. The molecule has 0 radical (unpaired) electrons. The van der Waals surface area contributed by atoms with E-state index in [9.17, 15) is 4.79 Å². The third-order valence-corrected chi connectivity index (χ3v) is 5.64. The van der Waals surface area contributed by atoms with E-state index in [0.717, 1.165) is 21.0 Å². The fraction of sp³-hybridized carbons (Fsp3) is 0.100. The van der Waals surface area contributed by atoms with Crippen LogP contribution in [0.3, 0.4) is 0 Å². The van der Waals surface area contributed by atoms with E-state index in [4.69, 9.17) is 11.6 Å². The van der Waals surface area contributed by atoms with E-state index in [-0.39, 0.29) is 5.91 Å². The van der Waals surface area contributed by atoms with E-state index >= 15 is 0 Å². The van der Waals surface area contributed by atoms with Gasteiger partial charge in [0.15, 0.2) is 5.13 Å². The molecule has 0 fully saturated rings. The van der Waals surface area contributed by atoms with Crippen molar-refractivity contribution in [2.75, 3.05) is 5.32 Å². The number of carbonyl (C=O) groups excluding carboxylic acids is 1. The normalized spacial score (nSPS) is 10.8. The molecule has 0 saturated carbocycles. The predicted molar refractivity (Wildman–Crippen MR) is 110 cm³/mol. The van der Waals surface area contributed by atoms with Crippen molar-refractivity contribution in [1.82, 2.24) is 19.5 Å². The number of thiazole rings is 1. The molecule has 0 bridgehead atoms. The summed E-state index contributed by atoms with van der Waals surface area (Å²) in [6.07, 6.45) is 9.09. The summed E-state index contributed by atoms with van der Waals surface area (Å²) in [6.45, 7) is 1.98. The summed E-state index contributed by atoms with van der Waals surface area (Å²) in [5, 5.41) is 4.13. The van der Waals surface area contributed by atoms with Gasteiger partial charge in [-0.15, -0.1) is 11.3 Å². The molecule has 140 valence electrons. The van der Waals surface area contributed by atoms with E-state index in [1.54, 1.807) is 41.6 Å². The van der Waals surface area contributed by atoms with Crippen molar-refractivity contribution in [2.24, 2.45) is 0 Å². The van der Waals surface area contributed by atoms with E-state index in [0.29, 0.717) is 22.9 Å². The molecule has 0 aliphatic rings. The van der Waals surface area contributed by atoms with Gasteiger partial charge in [-0.05, 0) is 30.2 Å². The Bertz CT molecular complexity index is 1110. The Morgan fingerprint density at radius 3 is 2.86 bits per heavy atom. The number of halogens is 1. The number of pyridine rings is 1. The van der Waals surface area contributed by atoms with Crippen LogP contribution in [0.4, 0.5) is 5.13 Å². The molecule has 8 heteroatoms. The van der Waals surface area contributed by atoms with Crippen molar-refractivity contribution in [2.45, 2.75) is 13.3 Å². The Morgan fingerprint density at radius 1 is 1.21 bits per heavy atom. The lowest BCUT2D eigenvalue weighted by atomic mass is 10.1. The Labute approximate surface area is 170 Å². The first-order valence-electron chi connectivity index (χ1n) is 8.54. The summed E-state index contributed by atoms with van der Waals surface area (Å²) in [5.74, 6) is 0.444. The van der Waals surface area contributed by atoms with Crippen LogP contribution in [-0.4, -0.2) is 25.4 Å². The topological polar surface area (TPSA) is 72.7 Å². The minimum Gasteiger partial charge on any atom is -0.298 e. The van der Waals surface area contributed by atoms with Crippen LogP contribution in [0.25, 0.3) is 5.82 Å². The maximum absolute atomic E-state index is 12.5. The van der Waals surface area contributed by atoms with Crippen LogP contribution in [0.2, 0.25) is 5.02 Å². The molecule has 1 N–H and O–H groups in total. The number of aryl methyl sites for hydroxylation is 1. The number of benzene rings is 1. The lowest BCUT2D eigenvalue weighted by Crippen LogP contribution is -2.12. The molecule has 1 amide bonds. The zero-order valence-corrected chi connectivity index (χ0v) is 16.5. The van der Waals surface area contributed by atoms with Gasteiger partial charge in [0, 0.05) is 41.1 Å². The van der Waals surface area contributed by atoms with Crippen molar-refractivity contribution in [3.8, 4) is 5.82 Å². The third kappa shape index (κ3) is 3.95. The van der Waals surface area contributed by atoms with Crippen molar-refractivity contribution in [1.29, 1.82) is 0 Å². The second kappa shape index (κ2) is 7.92. The summed E-state index contributed by atoms with van der Waals surface area (Å²) in [5.41, 5.74) is 2.55. The van der Waals surface area contributed by atoms with E-state index in [2.05, 4.69) is 20.3 Å². The SMILES string of the molecule is Cc1cccc(Cc2cnc(NC(=O)c3ccc(-n4ccnc4)nc3)s2)c1Cl. The summed E-state index contributed by atoms with van der Waals surface area (Å²) < 4.78 is 1.77. The third-order valence-electron chi connectivity index (χ3n) is 4.19. The van der Waals surface area contributed by atoms with Crippen LogP contribution in [0.15, 0.2) is 61.4 Å². The van der Waals surface area contributed by atoms with Crippen LogP contribution >= 0.6 is 22.9 Å². The number of amides is 1. The number of imidazole rings is 1. The highest BCUT2D eigenvalue weighted by Crippen LogP contribution is 2.27. The molecule has 0 aliphatic carbocycles. The molecule has 0 saturated heterocycles. The summed E-state index contributed by atoms with van der Waals surface area (Å²) in [7, 11) is 0. The average molecular weight is 410 g/mol. The Morgan fingerprint density at radius 2 is 2.11 bits per heavy atom. The van der Waals surface area contributed by atoms with Gasteiger partial charge in [-0.3, -0.25) is 14.7 Å². The average Bonchev–Trinajstić information content (AvgIpc) is 3.38. The highest BCUT2D eigenvalue weighted by molar-refractivity contribution is 7.15. The zero-order valence-electron chi connectivity index (χ0n) is 15.0. The number of nitrogens with one attached hydrogen (secondary N) is 1. The van der Waals surface area contributed by atoms with Crippen LogP contribution < -0.4 is 5.32 Å². The number of hydrogen-bond donors (Lipinski definition) is 1. The molecule has 4 rings (SSSR count). The Balaban J connectivity index is 1.43. The second-order valence-electron chi connectivity index (χ2n) is 6.19. The maximum Gasteiger partial charge on any atom is 0.259 e. The van der Waals surface area contributed by atoms with Crippen LogP contribution in [0.1, 0.15) is 26.4 Å². The van der Waals surface area contributed by atoms with Crippen molar-refractivity contribution < 1.29 is 4.79 Å². The molecule has 1 aromatic carbocycles. The highest BCUT2D eigenvalue weighted by Gasteiger charge is 2.12. The maximum atomic E-state index is 12.5. The van der Waals surface area contributed by atoms with Gasteiger partial charge in [0.25, 0.3) is 5.91 Å². The van der Waals surface area contributed by atoms with E-state index < -0.39 is 0 Å². The fourth-order valence-electron chi connectivity index (χ4n) is 2.72. The highest BCUT2D eigenvalue weighted by atomic mass is 35.5. The smallest absolute Gasteiger partial charge is 0.259 e. The van der Waals surface area contributed by atoms with Crippen LogP contribution in [0.5, 0.6) is 0 Å². The quantitative estimate of drug-likeness (QED) is 0.525. The van der Waals surface area contributed by atoms with Crippen molar-refractivity contribution in [3.05, 3.63) is 88.0 Å². The molecule has 3 aromatic heterocycles. The molecule has 6 nitrogen and oxygen atoms in total. The largest absolute Gasteiger partial charge is 0.298 e. The number of hydrogen-bond acceptors (Lipinski definition) is 5. The van der Waals surface area contributed by atoms with E-state index in [1.807, 2.05) is 25.1 Å². The standard InChI is InChI=1S/C20H16ClN5OS/c1-13-3-2-4-14(18(13)21)9-16-11-24-20(28-16)25-19(27)15-5-6-17(23-10-15)26-8-7-22-12-26/h2-8,10-12H,9H2,1H3,(H,24,25,27). The molecule has 4 aromatic rings. The predicted octanol–water partition coefficient (Wildman–Crippen LogP) is 4.53. The van der Waals surface area contributed by atoms with Crippen LogP contribution in [-0.2, 0) is 6.42 Å². The fourth-order valence-corrected chi connectivity index (χ4v) is 3.74. The number of rotatable bonds is 5. The molecule has 28 heavy (non-hydrogen) atoms. The zero-order chi connectivity index (χ0) is 19.5. The number of aromatic nitrogens is 4. The summed E-state index contributed by atoms with van der Waals surface area (Å²) >= 11 is 7.80. The van der Waals surface area contributed by atoms with Gasteiger partial charge in [0.1, 0.15) is 12.1 Å². The summed E-state index contributed by atoms with van der Waals surface area (Å²) in [4.78, 5) is 26.1. The Kier molecular flexibility index (Phi) is 5.18. The molecule has 0 spiro atoms. The van der Waals surface area contributed by atoms with Gasteiger partial charge in [-0.2, -0.15) is 0 Å². The number of anilines is 1. The van der Waals surface area contributed by atoms with Gasteiger partial charge < -0.3 is 0 Å². The van der Waals surface area contributed by atoms with Gasteiger partial charge in [0.2, 0.25) is 0 Å². The van der Waals surface area contributed by atoms with Gasteiger partial charge in [-0.1, -0.05) is 29.8 Å². The van der Waals surface area contributed by atoms with Gasteiger partial charge in [0.05, 0.1) is 5.56 Å². The number of nitrogens with zero attached hydrogens (tertiary/aromatic N) is 4.